The molecule has 0 saturated carbocycles. The van der Waals surface area contributed by atoms with E-state index in [1.807, 2.05) is 0 Å². The molecule has 0 aliphatic heterocycles. The van der Waals surface area contributed by atoms with Crippen molar-refractivity contribution in [2.45, 2.75) is 32.1 Å². The van der Waals surface area contributed by atoms with Crippen LogP contribution in [-0.4, -0.2) is 13.1 Å². The minimum absolute atomic E-state index is 0.241. The van der Waals surface area contributed by atoms with Crippen molar-refractivity contribution in [1.82, 2.24) is 0 Å². The van der Waals surface area contributed by atoms with Crippen LogP contribution in [0.15, 0.2) is 28.9 Å². The first-order valence-electron chi connectivity index (χ1n) is 6.52. The van der Waals surface area contributed by atoms with Crippen LogP contribution in [0, 0.1) is 5.82 Å². The number of carbonyl (C=O) groups is 1. The number of hydrogen-bond donors (Lipinski definition) is 0. The topological polar surface area (TPSA) is 39.4 Å². The first-order chi connectivity index (χ1) is 9.31. The molecule has 3 nitrogen and oxygen atoms in total. The number of benzene rings is 1. The average molecular weight is 264 g/mol. The number of hydrogen-bond acceptors (Lipinski definition) is 3. The molecule has 2 rings (SSSR count). The molecule has 0 spiro atoms. The third-order valence-corrected chi connectivity index (χ3v) is 3.13. The highest BCUT2D eigenvalue weighted by Gasteiger charge is 2.06. The van der Waals surface area contributed by atoms with Crippen LogP contribution >= 0.6 is 0 Å². The summed E-state index contributed by atoms with van der Waals surface area (Å²) < 4.78 is 23.1. The quantitative estimate of drug-likeness (QED) is 0.537. The molecule has 19 heavy (non-hydrogen) atoms. The van der Waals surface area contributed by atoms with Crippen LogP contribution in [0.25, 0.3) is 10.8 Å². The Balaban J connectivity index is 1.77. The fraction of sp³-hybridized carbons (Fsp3) is 0.400. The second kappa shape index (κ2) is 6.92. The molecule has 1 aromatic carbocycles. The van der Waals surface area contributed by atoms with Gasteiger partial charge in [-0.3, -0.25) is 4.79 Å². The SMILES string of the molecule is O=COCCCCCCc1occ2cc(F)ccc12. The van der Waals surface area contributed by atoms with E-state index in [4.69, 9.17) is 4.42 Å². The largest absolute Gasteiger partial charge is 0.468 e. The first-order valence-corrected chi connectivity index (χ1v) is 6.52. The predicted molar refractivity (Wildman–Crippen MR) is 70.4 cm³/mol. The van der Waals surface area contributed by atoms with Gasteiger partial charge in [-0.05, 0) is 31.0 Å². The van der Waals surface area contributed by atoms with Gasteiger partial charge in [0.25, 0.3) is 6.47 Å². The summed E-state index contributed by atoms with van der Waals surface area (Å²) in [5, 5.41) is 1.81. The van der Waals surface area contributed by atoms with Gasteiger partial charge < -0.3 is 9.15 Å². The van der Waals surface area contributed by atoms with Gasteiger partial charge in [-0.1, -0.05) is 12.8 Å². The second-order valence-corrected chi connectivity index (χ2v) is 4.52. The van der Waals surface area contributed by atoms with Gasteiger partial charge in [-0.25, -0.2) is 4.39 Å². The van der Waals surface area contributed by atoms with E-state index in [2.05, 4.69) is 4.74 Å². The van der Waals surface area contributed by atoms with E-state index in [1.165, 1.54) is 12.1 Å². The van der Waals surface area contributed by atoms with Crippen LogP contribution in [0.2, 0.25) is 0 Å². The fourth-order valence-electron chi connectivity index (χ4n) is 2.15. The summed E-state index contributed by atoms with van der Waals surface area (Å²) in [5.41, 5.74) is 0. The fourth-order valence-corrected chi connectivity index (χ4v) is 2.15. The molecule has 0 unspecified atom stereocenters. The molecule has 0 N–H and O–H groups in total. The molecule has 102 valence electrons. The van der Waals surface area contributed by atoms with E-state index in [0.29, 0.717) is 13.1 Å². The zero-order valence-corrected chi connectivity index (χ0v) is 10.7. The average Bonchev–Trinajstić information content (AvgIpc) is 2.80. The van der Waals surface area contributed by atoms with Gasteiger partial charge in [0.05, 0.1) is 12.9 Å². The van der Waals surface area contributed by atoms with Gasteiger partial charge in [-0.2, -0.15) is 0 Å². The van der Waals surface area contributed by atoms with E-state index in [1.54, 1.807) is 12.3 Å². The van der Waals surface area contributed by atoms with Crippen LogP contribution in [-0.2, 0) is 16.0 Å². The van der Waals surface area contributed by atoms with Crippen LogP contribution in [0.3, 0.4) is 0 Å². The number of unbranched alkanes of at least 4 members (excludes halogenated alkanes) is 3. The molecule has 0 radical (unpaired) electrons. The molecule has 0 saturated heterocycles. The van der Waals surface area contributed by atoms with E-state index in [-0.39, 0.29) is 5.82 Å². The number of furan rings is 1. The van der Waals surface area contributed by atoms with Gasteiger partial charge in [-0.15, -0.1) is 0 Å². The number of fused-ring (bicyclic) bond motifs is 1. The van der Waals surface area contributed by atoms with Gasteiger partial charge in [0.2, 0.25) is 0 Å². The van der Waals surface area contributed by atoms with Crippen molar-refractivity contribution in [2.75, 3.05) is 6.61 Å². The van der Waals surface area contributed by atoms with Crippen LogP contribution in [0.5, 0.6) is 0 Å². The Hall–Kier alpha value is -1.84. The zero-order valence-electron chi connectivity index (χ0n) is 10.7. The summed E-state index contributed by atoms with van der Waals surface area (Å²) >= 11 is 0. The monoisotopic (exact) mass is 264 g/mol. The Morgan fingerprint density at radius 3 is 2.89 bits per heavy atom. The third-order valence-electron chi connectivity index (χ3n) is 3.13. The maximum Gasteiger partial charge on any atom is 0.293 e. The summed E-state index contributed by atoms with van der Waals surface area (Å²) in [6.45, 7) is 0.973. The van der Waals surface area contributed by atoms with Gasteiger partial charge in [0.1, 0.15) is 11.6 Å². The molecule has 2 aromatic rings. The number of ether oxygens (including phenoxy) is 1. The number of aryl methyl sites for hydroxylation is 1. The van der Waals surface area contributed by atoms with Gasteiger partial charge in [0.15, 0.2) is 0 Å². The third kappa shape index (κ3) is 3.81. The van der Waals surface area contributed by atoms with Crippen molar-refractivity contribution >= 4 is 17.2 Å². The van der Waals surface area contributed by atoms with Crippen molar-refractivity contribution < 1.29 is 18.3 Å². The number of halogens is 1. The molecule has 1 aromatic heterocycles. The summed E-state index contributed by atoms with van der Waals surface area (Å²) in [6, 6.07) is 4.71. The molecule has 0 aliphatic rings. The van der Waals surface area contributed by atoms with Crippen molar-refractivity contribution in [3.8, 4) is 0 Å². The lowest BCUT2D eigenvalue weighted by Crippen LogP contribution is -1.92. The van der Waals surface area contributed by atoms with Crippen LogP contribution < -0.4 is 0 Å². The van der Waals surface area contributed by atoms with E-state index in [9.17, 15) is 9.18 Å². The Morgan fingerprint density at radius 1 is 1.21 bits per heavy atom. The molecule has 0 bridgehead atoms. The summed E-state index contributed by atoms with van der Waals surface area (Å²) in [6.07, 6.45) is 6.45. The molecule has 1 heterocycles. The molecular formula is C15H17FO3. The van der Waals surface area contributed by atoms with Crippen molar-refractivity contribution in [1.29, 1.82) is 0 Å². The highest BCUT2D eigenvalue weighted by molar-refractivity contribution is 5.84. The highest BCUT2D eigenvalue weighted by Crippen LogP contribution is 2.23. The van der Waals surface area contributed by atoms with E-state index >= 15 is 0 Å². The summed E-state index contributed by atoms with van der Waals surface area (Å²) in [7, 11) is 0. The minimum atomic E-state index is -0.241. The predicted octanol–water partition coefficient (Wildman–Crippen LogP) is 3.85. The van der Waals surface area contributed by atoms with Gasteiger partial charge >= 0.3 is 0 Å². The van der Waals surface area contributed by atoms with Crippen molar-refractivity contribution in [3.05, 3.63) is 36.0 Å². The molecule has 0 atom stereocenters. The Labute approximate surface area is 111 Å². The maximum atomic E-state index is 13.0. The Bertz CT molecular complexity index is 533. The van der Waals surface area contributed by atoms with Crippen molar-refractivity contribution in [3.63, 3.8) is 0 Å². The van der Waals surface area contributed by atoms with E-state index < -0.39 is 0 Å². The normalized spacial score (nSPS) is 10.8. The minimum Gasteiger partial charge on any atom is -0.468 e. The zero-order chi connectivity index (χ0) is 13.5. The molecule has 0 fully saturated rings. The van der Waals surface area contributed by atoms with Crippen molar-refractivity contribution in [2.24, 2.45) is 0 Å². The highest BCUT2D eigenvalue weighted by atomic mass is 19.1. The summed E-state index contributed by atoms with van der Waals surface area (Å²) in [4.78, 5) is 9.94. The van der Waals surface area contributed by atoms with Crippen LogP contribution in [0.1, 0.15) is 31.4 Å². The molecule has 0 amide bonds. The smallest absolute Gasteiger partial charge is 0.293 e. The molecular weight excluding hydrogens is 247 g/mol. The lowest BCUT2D eigenvalue weighted by atomic mass is 10.1. The summed E-state index contributed by atoms with van der Waals surface area (Å²) in [5.74, 6) is 0.675. The lowest BCUT2D eigenvalue weighted by Gasteiger charge is -2.00. The molecule has 4 heteroatoms. The van der Waals surface area contributed by atoms with Gasteiger partial charge in [0, 0.05) is 17.2 Å². The number of carbonyl (C=O) groups excluding carboxylic acids is 1. The maximum absolute atomic E-state index is 13.0. The number of rotatable bonds is 8. The first kappa shape index (κ1) is 13.6. The lowest BCUT2D eigenvalue weighted by molar-refractivity contribution is -0.128. The Morgan fingerprint density at radius 2 is 2.05 bits per heavy atom. The van der Waals surface area contributed by atoms with Crippen LogP contribution in [0.4, 0.5) is 4.39 Å². The van der Waals surface area contributed by atoms with E-state index in [0.717, 1.165) is 48.6 Å². The second-order valence-electron chi connectivity index (χ2n) is 4.52. The standard InChI is InChI=1S/C15H17FO3/c16-13-6-7-14-12(9-13)10-19-15(14)5-3-1-2-4-8-18-11-17/h6-7,9-11H,1-5,8H2. The Kier molecular flexibility index (Phi) is 4.95. The molecule has 0 aliphatic carbocycles.